The molecule has 0 aliphatic carbocycles. The second-order valence-electron chi connectivity index (χ2n) is 19.5. The zero-order valence-electron chi connectivity index (χ0n) is 43.1. The summed E-state index contributed by atoms with van der Waals surface area (Å²) in [7, 11) is 0. The Balaban J connectivity index is 2.28. The van der Waals surface area contributed by atoms with E-state index in [0.29, 0.717) is 25.7 Å². The van der Waals surface area contributed by atoms with Gasteiger partial charge in [0.25, 0.3) is 0 Å². The maximum absolute atomic E-state index is 14.4. The molecule has 0 bridgehead atoms. The maximum Gasteiger partial charge on any atom is 0.326 e. The SMILES string of the molecule is CC[C@H](C)[C@H](NC(=O)[C@@H](NC(=O)[C@H](CCCN=C(N)N)NC(=O)[C@@H](N)CCCN=C(N)N)C(C)C)C(=O)N[C@@H](CC(C)C)C(=O)N1CCC[C@H]1C(=O)N[C@H](C(=O)N[C@@H](C)C(=O)N1CCC[C@H]1C(=O)O)[C@@H](C)O. The lowest BCUT2D eigenvalue weighted by Crippen LogP contribution is -2.62. The number of amides is 8. The number of nitrogens with one attached hydrogen (secondary N) is 6. The summed E-state index contributed by atoms with van der Waals surface area (Å²) in [5.41, 5.74) is 27.8. The van der Waals surface area contributed by atoms with Crippen molar-refractivity contribution in [2.45, 2.75) is 180 Å². The Kier molecular flexibility index (Phi) is 25.7. The zero-order valence-corrected chi connectivity index (χ0v) is 43.1. The molecule has 408 valence electrons. The van der Waals surface area contributed by atoms with Gasteiger partial charge < -0.3 is 80.6 Å². The molecule has 2 fully saturated rings. The molecule has 18 N–H and O–H groups in total. The number of nitrogens with two attached hydrogens (primary N) is 5. The van der Waals surface area contributed by atoms with Gasteiger partial charge in [-0.05, 0) is 89.4 Å². The number of aliphatic hydroxyl groups excluding tert-OH is 1. The minimum atomic E-state index is -1.55. The molecule has 2 aliphatic rings. The van der Waals surface area contributed by atoms with Gasteiger partial charge in [-0.25, -0.2) is 4.79 Å². The summed E-state index contributed by atoms with van der Waals surface area (Å²) in [6.45, 7) is 13.9. The van der Waals surface area contributed by atoms with Gasteiger partial charge in [0, 0.05) is 26.2 Å². The number of aliphatic imine (C=N–C) groups is 2. The second kappa shape index (κ2) is 29.9. The van der Waals surface area contributed by atoms with E-state index < -0.39 is 126 Å². The van der Waals surface area contributed by atoms with E-state index in [1.807, 2.05) is 20.8 Å². The van der Waals surface area contributed by atoms with Crippen LogP contribution in [-0.2, 0) is 43.2 Å². The molecule has 0 aromatic rings. The van der Waals surface area contributed by atoms with Crippen LogP contribution in [0.1, 0.15) is 120 Å². The Hall–Kier alpha value is -6.31. The van der Waals surface area contributed by atoms with E-state index in [-0.39, 0.29) is 82.5 Å². The molecule has 2 rings (SSSR count). The average molecular weight is 1020 g/mol. The van der Waals surface area contributed by atoms with Crippen LogP contribution in [0, 0.1) is 17.8 Å². The number of rotatable bonds is 29. The van der Waals surface area contributed by atoms with Gasteiger partial charge in [0.05, 0.1) is 12.1 Å². The summed E-state index contributed by atoms with van der Waals surface area (Å²) in [5.74, 6) is -8.19. The Morgan fingerprint density at radius 3 is 1.62 bits per heavy atom. The van der Waals surface area contributed by atoms with E-state index in [1.54, 1.807) is 20.8 Å². The third-order valence-corrected chi connectivity index (χ3v) is 12.7. The number of aliphatic carboxylic acids is 1. The van der Waals surface area contributed by atoms with Crippen molar-refractivity contribution in [3.8, 4) is 0 Å². The molecule has 2 saturated heterocycles. The van der Waals surface area contributed by atoms with Gasteiger partial charge in [0.2, 0.25) is 47.3 Å². The van der Waals surface area contributed by atoms with Gasteiger partial charge in [0.1, 0.15) is 48.3 Å². The van der Waals surface area contributed by atoms with Crippen LogP contribution >= 0.6 is 0 Å². The number of hydrogen-bond acceptors (Lipinski definition) is 13. The van der Waals surface area contributed by atoms with Gasteiger partial charge in [0.15, 0.2) is 11.9 Å². The molecule has 0 aromatic carbocycles. The van der Waals surface area contributed by atoms with E-state index in [2.05, 4.69) is 41.9 Å². The smallest absolute Gasteiger partial charge is 0.326 e. The van der Waals surface area contributed by atoms with Crippen LogP contribution in [0.5, 0.6) is 0 Å². The molecule has 8 amide bonds. The topological polar surface area (TPSA) is 428 Å². The number of likely N-dealkylation sites (tertiary alicyclic amines) is 2. The Morgan fingerprint density at radius 1 is 0.611 bits per heavy atom. The van der Waals surface area contributed by atoms with Crippen molar-refractivity contribution >= 4 is 65.1 Å². The molecular weight excluding hydrogens is 939 g/mol. The average Bonchev–Trinajstić information content (AvgIpc) is 4.01. The van der Waals surface area contributed by atoms with Gasteiger partial charge in [-0.3, -0.25) is 48.3 Å². The highest BCUT2D eigenvalue weighted by molar-refractivity contribution is 5.98. The van der Waals surface area contributed by atoms with Crippen molar-refractivity contribution < 1.29 is 53.4 Å². The molecule has 72 heavy (non-hydrogen) atoms. The first kappa shape index (κ1) is 61.8. The predicted molar refractivity (Wildman–Crippen MR) is 268 cm³/mol. The number of guanidine groups is 2. The standard InChI is InChI=1S/C46H83N15O11/c1-9-25(6)34(58-39(66)33(24(4)5)57-37(64)29(15-11-19-53-46(50)51)55-36(63)28(47)14-10-18-52-45(48)49)40(67)56-30(22-23(2)3)43(70)60-20-12-16-31(60)38(65)59-35(27(8)62)41(68)54-26(7)42(69)61-21-13-17-32(61)44(71)72/h23-35,62H,9-22,47H2,1-8H3,(H,54,68)(H,55,63)(H,56,67)(H,57,64)(H,58,66)(H,59,65)(H,71,72)(H4,48,49,52)(H4,50,51,53)/t25-,26-,27+,28-,29-,30-,31-,32-,33-,34-,35-/m0/s1. The first-order valence-corrected chi connectivity index (χ1v) is 24.9. The highest BCUT2D eigenvalue weighted by Gasteiger charge is 2.42. The number of hydrogen-bond donors (Lipinski definition) is 13. The number of carboxylic acids is 1. The molecule has 11 atom stereocenters. The summed E-state index contributed by atoms with van der Waals surface area (Å²) in [4.78, 5) is 132. The quantitative estimate of drug-likeness (QED) is 0.0197. The number of carboxylic acid groups (broad SMARTS) is 1. The van der Waals surface area contributed by atoms with E-state index in [4.69, 9.17) is 28.7 Å². The fourth-order valence-corrected chi connectivity index (χ4v) is 8.45. The molecule has 0 spiro atoms. The molecule has 0 saturated carbocycles. The highest BCUT2D eigenvalue weighted by atomic mass is 16.4. The van der Waals surface area contributed by atoms with Crippen molar-refractivity contribution in [1.82, 2.24) is 41.7 Å². The van der Waals surface area contributed by atoms with E-state index in [1.165, 1.54) is 23.6 Å². The molecule has 0 radical (unpaired) electrons. The van der Waals surface area contributed by atoms with E-state index in [9.17, 15) is 53.4 Å². The molecule has 2 heterocycles. The van der Waals surface area contributed by atoms with Crippen molar-refractivity contribution in [3.63, 3.8) is 0 Å². The fraction of sp³-hybridized carbons (Fsp3) is 0.761. The predicted octanol–water partition coefficient (Wildman–Crippen LogP) is -3.45. The monoisotopic (exact) mass is 1020 g/mol. The van der Waals surface area contributed by atoms with Gasteiger partial charge >= 0.3 is 5.97 Å². The van der Waals surface area contributed by atoms with Gasteiger partial charge in [-0.2, -0.15) is 0 Å². The van der Waals surface area contributed by atoms with Crippen LogP contribution in [0.4, 0.5) is 0 Å². The first-order chi connectivity index (χ1) is 33.7. The minimum Gasteiger partial charge on any atom is -0.480 e. The molecule has 26 heteroatoms. The van der Waals surface area contributed by atoms with Gasteiger partial charge in [-0.15, -0.1) is 0 Å². The normalized spacial score (nSPS) is 19.3. The first-order valence-electron chi connectivity index (χ1n) is 24.9. The number of nitrogens with zero attached hydrogens (tertiary/aromatic N) is 4. The summed E-state index contributed by atoms with van der Waals surface area (Å²) in [6, 6.07) is -10.6. The largest absolute Gasteiger partial charge is 0.480 e. The summed E-state index contributed by atoms with van der Waals surface area (Å²) >= 11 is 0. The van der Waals surface area contributed by atoms with Crippen LogP contribution in [-0.4, -0.2) is 172 Å². The molecule has 26 nitrogen and oxygen atoms in total. The lowest BCUT2D eigenvalue weighted by molar-refractivity contribution is -0.149. The third kappa shape index (κ3) is 19.4. The maximum atomic E-state index is 14.4. The molecule has 0 aromatic heterocycles. The van der Waals surface area contributed by atoms with Crippen LogP contribution < -0.4 is 60.6 Å². The summed E-state index contributed by atoms with van der Waals surface area (Å²) < 4.78 is 0. The van der Waals surface area contributed by atoms with Crippen molar-refractivity contribution in [2.24, 2.45) is 56.4 Å². The Morgan fingerprint density at radius 2 is 1.11 bits per heavy atom. The van der Waals surface area contributed by atoms with Crippen LogP contribution in [0.25, 0.3) is 0 Å². The molecular formula is C46H83N15O11. The third-order valence-electron chi connectivity index (χ3n) is 12.7. The van der Waals surface area contributed by atoms with Gasteiger partial charge in [-0.1, -0.05) is 48.0 Å². The zero-order chi connectivity index (χ0) is 54.6. The number of carbonyl (C=O) groups excluding carboxylic acids is 8. The summed E-state index contributed by atoms with van der Waals surface area (Å²) in [5, 5.41) is 36.1. The van der Waals surface area contributed by atoms with Crippen molar-refractivity contribution in [3.05, 3.63) is 0 Å². The van der Waals surface area contributed by atoms with Crippen molar-refractivity contribution in [1.29, 1.82) is 0 Å². The highest BCUT2D eigenvalue weighted by Crippen LogP contribution is 2.22. The van der Waals surface area contributed by atoms with E-state index in [0.717, 1.165) is 0 Å². The Bertz CT molecular complexity index is 1940. The lowest BCUT2D eigenvalue weighted by atomic mass is 9.95. The van der Waals surface area contributed by atoms with Crippen LogP contribution in [0.2, 0.25) is 0 Å². The number of carbonyl (C=O) groups is 9. The minimum absolute atomic E-state index is 0.0684. The molecule has 0 unspecified atom stereocenters. The lowest BCUT2D eigenvalue weighted by Gasteiger charge is -2.33. The number of aliphatic hydroxyl groups is 1. The van der Waals surface area contributed by atoms with Crippen LogP contribution in [0.15, 0.2) is 9.98 Å². The fourth-order valence-electron chi connectivity index (χ4n) is 8.45. The Labute approximate surface area is 422 Å². The summed E-state index contributed by atoms with van der Waals surface area (Å²) in [6.07, 6.45) is 1.36. The second-order valence-corrected chi connectivity index (χ2v) is 19.5. The van der Waals surface area contributed by atoms with E-state index >= 15 is 0 Å². The molecule has 2 aliphatic heterocycles. The van der Waals surface area contributed by atoms with Crippen molar-refractivity contribution in [2.75, 3.05) is 26.2 Å². The van der Waals surface area contributed by atoms with Crippen LogP contribution in [0.3, 0.4) is 0 Å².